The van der Waals surface area contributed by atoms with Gasteiger partial charge in [-0.2, -0.15) is 0 Å². The minimum atomic E-state index is -0.693. The van der Waals surface area contributed by atoms with Crippen LogP contribution in [0.3, 0.4) is 0 Å². The maximum atomic E-state index is 12.1. The van der Waals surface area contributed by atoms with E-state index in [1.807, 2.05) is 6.07 Å². The SMILES string of the molecule is Fc1[c-]c(F)cc(Br)c1.[Zn+][I]. The molecule has 0 aromatic heterocycles. The van der Waals surface area contributed by atoms with E-state index in [1.54, 1.807) is 0 Å². The van der Waals surface area contributed by atoms with Crippen molar-refractivity contribution in [3.8, 4) is 0 Å². The molecule has 0 saturated carbocycles. The van der Waals surface area contributed by atoms with E-state index < -0.39 is 11.6 Å². The van der Waals surface area contributed by atoms with Gasteiger partial charge in [0.25, 0.3) is 0 Å². The third-order valence-corrected chi connectivity index (χ3v) is 1.23. The van der Waals surface area contributed by atoms with Crippen LogP contribution in [0.25, 0.3) is 0 Å². The summed E-state index contributed by atoms with van der Waals surface area (Å²) in [5, 5.41) is 0. The standard InChI is InChI=1S/C6H2BrF2.HI.Zn/c7-4-1-5(8)3-6(9)2-4;;/h1-2H;1H;/q-1;;+2/p-1. The normalized spacial score (nSPS) is 8.55. The van der Waals surface area contributed by atoms with Crippen molar-refractivity contribution in [2.45, 2.75) is 0 Å². The van der Waals surface area contributed by atoms with E-state index in [-0.39, 0.29) is 0 Å². The quantitative estimate of drug-likeness (QED) is 0.365. The molecule has 0 nitrogen and oxygen atoms in total. The molecule has 11 heavy (non-hydrogen) atoms. The van der Waals surface area contributed by atoms with Crippen molar-refractivity contribution in [3.63, 3.8) is 0 Å². The Kier molecular flexibility index (Phi) is 6.97. The molecule has 0 spiro atoms. The molecule has 0 unspecified atom stereocenters. The molecule has 0 atom stereocenters. The molecule has 1 aromatic carbocycles. The first-order chi connectivity index (χ1) is 5.18. The van der Waals surface area contributed by atoms with Gasteiger partial charge in [-0.3, -0.25) is 0 Å². The van der Waals surface area contributed by atoms with Crippen LogP contribution in [0, 0.1) is 17.7 Å². The Bertz CT molecular complexity index is 181. The van der Waals surface area contributed by atoms with Crippen LogP contribution < -0.4 is 0 Å². The van der Waals surface area contributed by atoms with Gasteiger partial charge in [-0.05, 0) is 0 Å². The van der Waals surface area contributed by atoms with Crippen molar-refractivity contribution in [1.82, 2.24) is 0 Å². The summed E-state index contributed by atoms with van der Waals surface area (Å²) in [5.41, 5.74) is 0. The van der Waals surface area contributed by atoms with Crippen molar-refractivity contribution < 1.29 is 23.6 Å². The Morgan fingerprint density at radius 1 is 1.27 bits per heavy atom. The summed E-state index contributed by atoms with van der Waals surface area (Å²) in [5.74, 6) is -1.39. The van der Waals surface area contributed by atoms with Gasteiger partial charge in [-0.15, -0.1) is 18.2 Å². The van der Waals surface area contributed by atoms with E-state index in [0.717, 1.165) is 12.1 Å². The van der Waals surface area contributed by atoms with E-state index in [1.165, 1.54) is 14.8 Å². The predicted molar refractivity (Wildman–Crippen MR) is 46.9 cm³/mol. The average Bonchev–Trinajstić information content (AvgIpc) is 1.88. The summed E-state index contributed by atoms with van der Waals surface area (Å²) in [6.45, 7) is 0. The number of halogens is 4. The maximum absolute atomic E-state index is 12.1. The molecule has 0 N–H and O–H groups in total. The van der Waals surface area contributed by atoms with Crippen LogP contribution in [-0.4, -0.2) is 0 Å². The summed E-state index contributed by atoms with van der Waals surface area (Å²) in [7, 11) is 0. The van der Waals surface area contributed by atoms with Crippen LogP contribution in [0.4, 0.5) is 8.78 Å². The number of hydrogen-bond acceptors (Lipinski definition) is 0. The van der Waals surface area contributed by atoms with E-state index in [2.05, 4.69) is 35.7 Å². The Morgan fingerprint density at radius 3 is 1.91 bits per heavy atom. The van der Waals surface area contributed by atoms with Crippen LogP contribution in [0.5, 0.6) is 0 Å². The predicted octanol–water partition coefficient (Wildman–Crippen LogP) is 3.41. The summed E-state index contributed by atoms with van der Waals surface area (Å²) in [6.07, 6.45) is 0. The van der Waals surface area contributed by atoms with Crippen molar-refractivity contribution >= 4 is 35.7 Å². The van der Waals surface area contributed by atoms with Gasteiger partial charge < -0.3 is 0 Å². The van der Waals surface area contributed by atoms with Gasteiger partial charge in [0.15, 0.2) is 0 Å². The molecule has 0 fully saturated rings. The second kappa shape index (κ2) is 6.43. The second-order valence-corrected chi connectivity index (χ2v) is 2.41. The van der Waals surface area contributed by atoms with Crippen LogP contribution >= 0.6 is 35.7 Å². The van der Waals surface area contributed by atoms with Crippen molar-refractivity contribution in [2.75, 3.05) is 0 Å². The molecule has 1 aromatic rings. The van der Waals surface area contributed by atoms with Gasteiger partial charge in [-0.1, -0.05) is 20.4 Å². The third kappa shape index (κ3) is 5.20. The van der Waals surface area contributed by atoms with Crippen molar-refractivity contribution in [2.24, 2.45) is 0 Å². The molecule has 56 valence electrons. The van der Waals surface area contributed by atoms with Gasteiger partial charge in [0.1, 0.15) is 0 Å². The summed E-state index contributed by atoms with van der Waals surface area (Å²) >= 11 is 6.53. The molecule has 0 aliphatic heterocycles. The second-order valence-electron chi connectivity index (χ2n) is 1.49. The summed E-state index contributed by atoms with van der Waals surface area (Å²) in [4.78, 5) is 0. The van der Waals surface area contributed by atoms with Gasteiger partial charge in [0.05, 0.1) is 0 Å². The summed E-state index contributed by atoms with van der Waals surface area (Å²) in [6, 6.07) is 4.13. The third-order valence-electron chi connectivity index (χ3n) is 0.768. The van der Waals surface area contributed by atoms with E-state index in [9.17, 15) is 8.78 Å². The van der Waals surface area contributed by atoms with Gasteiger partial charge >= 0.3 is 34.5 Å². The Hall–Kier alpha value is 0.913. The fourth-order valence-corrected chi connectivity index (χ4v) is 0.872. The number of rotatable bonds is 0. The van der Waals surface area contributed by atoms with Crippen LogP contribution in [0.15, 0.2) is 16.6 Å². The molecule has 0 aliphatic carbocycles. The van der Waals surface area contributed by atoms with Crippen LogP contribution in [-0.2, 0) is 14.8 Å². The van der Waals surface area contributed by atoms with Crippen molar-refractivity contribution in [3.05, 3.63) is 34.3 Å². The van der Waals surface area contributed by atoms with Gasteiger partial charge in [0.2, 0.25) is 0 Å². The monoisotopic (exact) mass is 382 g/mol. The molecule has 0 amide bonds. The first-order valence-corrected chi connectivity index (χ1v) is 12.3. The zero-order valence-electron chi connectivity index (χ0n) is 5.37. The number of hydrogen-bond donors (Lipinski definition) is 0. The first kappa shape index (κ1) is 11.9. The fraction of sp³-hybridized carbons (Fsp3) is 0. The molecular weight excluding hydrogens is 382 g/mol. The molecule has 0 heterocycles. The Labute approximate surface area is 92.7 Å². The average molecular weight is 384 g/mol. The van der Waals surface area contributed by atoms with Gasteiger partial charge in [0, 0.05) is 11.6 Å². The Balaban J connectivity index is 0.000000461. The zero-order chi connectivity index (χ0) is 8.85. The zero-order valence-corrected chi connectivity index (χ0v) is 12.1. The van der Waals surface area contributed by atoms with Crippen LogP contribution in [0.1, 0.15) is 0 Å². The molecule has 0 saturated heterocycles. The van der Waals surface area contributed by atoms with E-state index in [0.29, 0.717) is 4.47 Å². The molecule has 0 bridgehead atoms. The summed E-state index contributed by atoms with van der Waals surface area (Å²) < 4.78 is 24.6. The van der Waals surface area contributed by atoms with Crippen molar-refractivity contribution in [1.29, 1.82) is 0 Å². The van der Waals surface area contributed by atoms with E-state index in [4.69, 9.17) is 0 Å². The minimum absolute atomic E-state index is 0.385. The molecular formula is C6H2BrF2IZn. The Morgan fingerprint density at radius 2 is 1.64 bits per heavy atom. The van der Waals surface area contributed by atoms with Crippen LogP contribution in [0.2, 0.25) is 0 Å². The topological polar surface area (TPSA) is 0 Å². The van der Waals surface area contributed by atoms with E-state index >= 15 is 0 Å². The molecule has 0 aliphatic rings. The molecule has 1 rings (SSSR count). The first-order valence-electron chi connectivity index (χ1n) is 2.49. The van der Waals surface area contributed by atoms with Gasteiger partial charge in [-0.25, -0.2) is 8.78 Å². The molecule has 5 heteroatoms. The molecule has 0 radical (unpaired) electrons. The number of benzene rings is 1. The fourth-order valence-electron chi connectivity index (χ4n) is 0.470.